The third kappa shape index (κ3) is 22.2. The molecule has 0 atom stereocenters. The number of phenols is 2. The summed E-state index contributed by atoms with van der Waals surface area (Å²) in [7, 11) is 0. The Hall–Kier alpha value is -5.30. The van der Waals surface area contributed by atoms with Gasteiger partial charge in [-0.25, -0.2) is 0 Å². The van der Waals surface area contributed by atoms with Gasteiger partial charge in [-0.05, 0) is 67.2 Å². The molecule has 440 valence electrons. The smallest absolute Gasteiger partial charge is 0.138 e. The standard InChI is InChI=1S/2C16H11BrO.C12H17N.C6H3Cl2N.2C6H8N.2C5H10.Mo.W/c17-14-9-2-1-7-12(14)13-8-3-5-11-6-4-10-15(18)16(11)13;17-14-10-9-12-7-4-8-13(15(12)16(14)18)11-5-2-1-3-6-11;1-8(2)10-6-5-7-11(9(3)4)12(10)13;7-4-2-1-3-5(8)6(4)9;2*1-5-3-4-6(2)7-5;2*1-5(2,3)4;;/h2*1-10,18H;5-9H,1-4H3;1-3H;2*3-4H,1-2H3;2*1H,2-4H3;;/q;;;;2*-1;;;;. The summed E-state index contributed by atoms with van der Waals surface area (Å²) in [6.45, 7) is 30.3. The van der Waals surface area contributed by atoms with Crippen molar-refractivity contribution in [3.8, 4) is 33.8 Å². The summed E-state index contributed by atoms with van der Waals surface area (Å²) in [4.78, 5) is 8.22. The second-order valence-electron chi connectivity index (χ2n) is 22.8. The molecule has 84 heavy (non-hydrogen) atoms. The quantitative estimate of drug-likeness (QED) is 0.162. The maximum absolute atomic E-state index is 10.3. The molecule has 0 amide bonds. The molecule has 0 bridgehead atoms. The second kappa shape index (κ2) is 33.6. The van der Waals surface area contributed by atoms with Gasteiger partial charge in [0.05, 0.1) is 4.47 Å². The van der Waals surface area contributed by atoms with E-state index in [-0.39, 0.29) is 10.8 Å². The van der Waals surface area contributed by atoms with E-state index in [4.69, 9.17) is 26.7 Å². The monoisotopic (exact) mass is 1540 g/mol. The zero-order valence-corrected chi connectivity index (χ0v) is 60.3. The molecule has 2 aromatic heterocycles. The van der Waals surface area contributed by atoms with E-state index < -0.39 is 35.8 Å². The van der Waals surface area contributed by atoms with Crippen molar-refractivity contribution < 1.29 is 46.1 Å². The first-order valence-corrected chi connectivity index (χ1v) is 35.2. The van der Waals surface area contributed by atoms with E-state index in [1.165, 1.54) is 16.8 Å². The summed E-state index contributed by atoms with van der Waals surface area (Å²) in [5, 5.41) is 25.5. The summed E-state index contributed by atoms with van der Waals surface area (Å²) in [5.74, 6) is 1.70. The van der Waals surface area contributed by atoms with Crippen molar-refractivity contribution in [1.29, 1.82) is 0 Å². The number of hydrogen-bond acceptors (Lipinski definition) is 4. The zero-order chi connectivity index (χ0) is 61.7. The van der Waals surface area contributed by atoms with Crippen LogP contribution in [0.15, 0.2) is 198 Å². The van der Waals surface area contributed by atoms with Gasteiger partial charge < -0.3 is 20.2 Å². The zero-order valence-electron chi connectivity index (χ0n) is 50.6. The Balaban J connectivity index is 0.000000190. The van der Waals surface area contributed by atoms with Crippen LogP contribution in [0.4, 0.5) is 11.4 Å². The molecule has 0 saturated carbocycles. The number of benzene rings is 8. The summed E-state index contributed by atoms with van der Waals surface area (Å²) in [6, 6.07) is 59.9. The van der Waals surface area contributed by atoms with Gasteiger partial charge in [0, 0.05) is 15.2 Å². The molecule has 12 heteroatoms. The first-order chi connectivity index (χ1) is 39.7. The van der Waals surface area contributed by atoms with Crippen molar-refractivity contribution in [2.24, 2.45) is 17.8 Å². The van der Waals surface area contributed by atoms with Crippen molar-refractivity contribution >= 4 is 96.8 Å². The molecule has 6 nitrogen and oxygen atoms in total. The molecule has 0 aliphatic rings. The number of fused-ring (bicyclic) bond motifs is 2. The summed E-state index contributed by atoms with van der Waals surface area (Å²) >= 11 is 17.7. The second-order valence-corrected chi connectivity index (χ2v) is 29.1. The topological polar surface area (TPSA) is 93.4 Å². The molecule has 10 rings (SSSR count). The molecule has 0 fully saturated rings. The maximum Gasteiger partial charge on any atom is 0.138 e. The van der Waals surface area contributed by atoms with Gasteiger partial charge >= 0.3 is 236 Å². The first-order valence-electron chi connectivity index (χ1n) is 27.8. The molecule has 0 radical (unpaired) electrons. The van der Waals surface area contributed by atoms with Crippen LogP contribution in [0, 0.1) is 38.5 Å². The number of nitrogens with zero attached hydrogens (tertiary/aromatic N) is 4. The van der Waals surface area contributed by atoms with Gasteiger partial charge in [0.25, 0.3) is 0 Å². The van der Waals surface area contributed by atoms with Gasteiger partial charge in [-0.2, -0.15) is 22.8 Å². The molecule has 8 aromatic carbocycles. The van der Waals surface area contributed by atoms with Gasteiger partial charge in [-0.15, -0.1) is 0 Å². The Morgan fingerprint density at radius 1 is 0.488 bits per heavy atom. The summed E-state index contributed by atoms with van der Waals surface area (Å²) in [5.41, 5.74) is 14.1. The number of aryl methyl sites for hydroxylation is 4. The molecule has 10 aromatic rings. The van der Waals surface area contributed by atoms with Crippen LogP contribution in [0.1, 0.15) is 115 Å². The number of aromatic nitrogens is 2. The minimum Gasteiger partial charge on any atom is -0.665 e. The Morgan fingerprint density at radius 3 is 1.44 bits per heavy atom. The van der Waals surface area contributed by atoms with Crippen LogP contribution in [-0.2, 0) is 35.8 Å². The van der Waals surface area contributed by atoms with Crippen molar-refractivity contribution in [2.75, 3.05) is 0 Å². The molecular formula is C72H78Br2Cl2MoN4O2W-2. The third-order valence-corrected chi connectivity index (χ3v) is 20.9. The van der Waals surface area contributed by atoms with Gasteiger partial charge in [0.2, 0.25) is 0 Å². The predicted molar refractivity (Wildman–Crippen MR) is 362 cm³/mol. The van der Waals surface area contributed by atoms with Crippen LogP contribution >= 0.6 is 55.1 Å². The Labute approximate surface area is 543 Å². The van der Waals surface area contributed by atoms with Gasteiger partial charge in [-0.3, -0.25) is 0 Å². The van der Waals surface area contributed by atoms with Crippen molar-refractivity contribution in [1.82, 2.24) is 9.97 Å². The fourth-order valence-corrected chi connectivity index (χ4v) is 14.1. The van der Waals surface area contributed by atoms with Crippen molar-refractivity contribution in [2.45, 2.75) is 109 Å². The minimum atomic E-state index is -0.850. The van der Waals surface area contributed by atoms with Gasteiger partial charge in [-0.1, -0.05) is 171 Å². The fraction of sp³-hybridized carbons (Fsp3) is 0.250. The van der Waals surface area contributed by atoms with Crippen molar-refractivity contribution in [3.63, 3.8) is 0 Å². The molecular weight excluding hydrogens is 1460 g/mol. The average Bonchev–Trinajstić information content (AvgIpc) is 4.15. The Kier molecular flexibility index (Phi) is 27.8. The van der Waals surface area contributed by atoms with Gasteiger partial charge in [0.15, 0.2) is 0 Å². The van der Waals surface area contributed by atoms with Gasteiger partial charge in [0.1, 0.15) is 11.5 Å². The molecule has 0 spiro atoms. The average molecular weight is 1540 g/mol. The molecule has 0 saturated heterocycles. The van der Waals surface area contributed by atoms with Crippen molar-refractivity contribution in [3.05, 3.63) is 235 Å². The van der Waals surface area contributed by atoms with E-state index in [1.807, 2.05) is 173 Å². The van der Waals surface area contributed by atoms with E-state index in [0.717, 1.165) is 81.2 Å². The molecule has 0 unspecified atom stereocenters. The van der Waals surface area contributed by atoms with E-state index in [9.17, 15) is 10.2 Å². The van der Waals surface area contributed by atoms with Crippen LogP contribution in [0.3, 0.4) is 0 Å². The van der Waals surface area contributed by atoms with Crippen LogP contribution in [0.2, 0.25) is 10.0 Å². The first kappa shape index (κ1) is 69.5. The van der Waals surface area contributed by atoms with Crippen LogP contribution in [0.5, 0.6) is 11.5 Å². The maximum atomic E-state index is 10.3. The number of rotatable bonds is 6. The largest absolute Gasteiger partial charge is 0.665 e. The van der Waals surface area contributed by atoms with Crippen LogP contribution < -0.4 is 9.97 Å². The van der Waals surface area contributed by atoms with Crippen LogP contribution in [-0.4, -0.2) is 19.0 Å². The summed E-state index contributed by atoms with van der Waals surface area (Å²) in [6.07, 6.45) is 0. The van der Waals surface area contributed by atoms with E-state index >= 15 is 0 Å². The predicted octanol–water partition coefficient (Wildman–Crippen LogP) is 22.9. The number of halogens is 4. The molecule has 0 aliphatic heterocycles. The minimum absolute atomic E-state index is 0.238. The molecule has 0 aliphatic carbocycles. The molecule has 2 N–H and O–H groups in total. The third-order valence-electron chi connectivity index (χ3n) is 12.3. The SMILES string of the molecule is CC(C)(C)[CH]=[W]=[N]c1c(Cl)cccc1Cl.CC(C)c1cccc(C(C)C)c1[N]=[Mo]=[CH]C(C)(C)C.Cc1ccc(C)[n-]1.Cc1ccc(C)[n-]1.Oc1c(Br)ccc2cccc(-c3ccccc3)c12.Oc1cccc2cccc(-c3ccccc3Br)c12. The Morgan fingerprint density at radius 2 is 0.952 bits per heavy atom. The van der Waals surface area contributed by atoms with E-state index in [1.54, 1.807) is 6.07 Å². The molecule has 2 heterocycles. The summed E-state index contributed by atoms with van der Waals surface area (Å²) < 4.78 is 16.0. The van der Waals surface area contributed by atoms with E-state index in [2.05, 4.69) is 154 Å². The number of phenolic OH excluding ortho intramolecular Hbond substituents is 2. The fourth-order valence-electron chi connectivity index (χ4n) is 8.27. The van der Waals surface area contributed by atoms with E-state index in [0.29, 0.717) is 33.4 Å². The van der Waals surface area contributed by atoms with Crippen LogP contribution in [0.25, 0.3) is 43.8 Å². The number of aromatic hydroxyl groups is 2. The normalized spacial score (nSPS) is 10.8. The Bertz CT molecular complexity index is 3760. The number of hydrogen-bond donors (Lipinski definition) is 2.